The molecule has 8 nitrogen and oxygen atoms in total. The van der Waals surface area contributed by atoms with Crippen molar-refractivity contribution in [2.45, 2.75) is 6.54 Å². The standard InChI is InChI=1S/C18H14N6O2/c25-17(20-11-15-24-16-14(26-15)7-4-8-19-16)12-9-21-18(22-10-12)23-13-5-2-1-3-6-13/h1-10H,11H2,(H,20,25)(H,21,22,23). The highest BCUT2D eigenvalue weighted by atomic mass is 16.3. The predicted molar refractivity (Wildman–Crippen MR) is 94.7 cm³/mol. The van der Waals surface area contributed by atoms with Gasteiger partial charge >= 0.3 is 0 Å². The molecule has 0 aliphatic carbocycles. The lowest BCUT2D eigenvalue weighted by atomic mass is 10.3. The number of pyridine rings is 1. The van der Waals surface area contributed by atoms with Gasteiger partial charge in [0.2, 0.25) is 11.8 Å². The van der Waals surface area contributed by atoms with Gasteiger partial charge < -0.3 is 15.1 Å². The van der Waals surface area contributed by atoms with E-state index in [9.17, 15) is 4.79 Å². The van der Waals surface area contributed by atoms with Crippen molar-refractivity contribution in [3.05, 3.63) is 72.5 Å². The molecule has 0 saturated heterocycles. The zero-order chi connectivity index (χ0) is 17.8. The molecule has 0 spiro atoms. The van der Waals surface area contributed by atoms with Gasteiger partial charge in [0.05, 0.1) is 12.1 Å². The molecule has 0 atom stereocenters. The number of carbonyl (C=O) groups excluding carboxylic acids is 1. The Kier molecular flexibility index (Phi) is 4.21. The molecule has 0 saturated carbocycles. The number of carbonyl (C=O) groups is 1. The van der Waals surface area contributed by atoms with Gasteiger partial charge in [0.1, 0.15) is 0 Å². The summed E-state index contributed by atoms with van der Waals surface area (Å²) in [6, 6.07) is 13.1. The van der Waals surface area contributed by atoms with Crippen LogP contribution in [0.15, 0.2) is 65.5 Å². The van der Waals surface area contributed by atoms with E-state index in [0.717, 1.165) is 5.69 Å². The van der Waals surface area contributed by atoms with Gasteiger partial charge in [0.15, 0.2) is 11.2 Å². The lowest BCUT2D eigenvalue weighted by molar-refractivity contribution is 0.0947. The number of benzene rings is 1. The molecule has 8 heteroatoms. The number of hydrogen-bond acceptors (Lipinski definition) is 7. The summed E-state index contributed by atoms with van der Waals surface area (Å²) in [5.41, 5.74) is 2.31. The summed E-state index contributed by atoms with van der Waals surface area (Å²) in [7, 11) is 0. The lowest BCUT2D eigenvalue weighted by Gasteiger charge is -2.05. The Morgan fingerprint density at radius 1 is 1.00 bits per heavy atom. The zero-order valence-electron chi connectivity index (χ0n) is 13.6. The molecule has 0 aliphatic rings. The van der Waals surface area contributed by atoms with Crippen molar-refractivity contribution >= 4 is 28.8 Å². The van der Waals surface area contributed by atoms with Crippen molar-refractivity contribution in [2.75, 3.05) is 5.32 Å². The molecular weight excluding hydrogens is 332 g/mol. The van der Waals surface area contributed by atoms with Gasteiger partial charge in [0, 0.05) is 24.3 Å². The van der Waals surface area contributed by atoms with Crippen molar-refractivity contribution in [3.8, 4) is 0 Å². The van der Waals surface area contributed by atoms with Gasteiger partial charge in [-0.3, -0.25) is 4.79 Å². The maximum Gasteiger partial charge on any atom is 0.254 e. The normalized spacial score (nSPS) is 10.6. The van der Waals surface area contributed by atoms with Gasteiger partial charge in [0.25, 0.3) is 5.91 Å². The topological polar surface area (TPSA) is 106 Å². The van der Waals surface area contributed by atoms with Crippen molar-refractivity contribution in [3.63, 3.8) is 0 Å². The molecule has 1 amide bonds. The lowest BCUT2D eigenvalue weighted by Crippen LogP contribution is -2.23. The van der Waals surface area contributed by atoms with E-state index in [2.05, 4.69) is 30.6 Å². The highest BCUT2D eigenvalue weighted by Crippen LogP contribution is 2.13. The van der Waals surface area contributed by atoms with Crippen LogP contribution in [0.1, 0.15) is 16.2 Å². The summed E-state index contributed by atoms with van der Waals surface area (Å²) in [5, 5.41) is 5.78. The smallest absolute Gasteiger partial charge is 0.254 e. The number of aromatic nitrogens is 4. The molecule has 4 rings (SSSR count). The molecule has 1 aromatic carbocycles. The van der Waals surface area contributed by atoms with E-state index in [4.69, 9.17) is 4.42 Å². The average Bonchev–Trinajstić information content (AvgIpc) is 3.10. The Balaban J connectivity index is 1.38. The summed E-state index contributed by atoms with van der Waals surface area (Å²) in [5.74, 6) is 0.486. The van der Waals surface area contributed by atoms with Crippen LogP contribution in [0.5, 0.6) is 0 Å². The first kappa shape index (κ1) is 15.7. The quantitative estimate of drug-likeness (QED) is 0.572. The van der Waals surface area contributed by atoms with E-state index in [1.54, 1.807) is 18.3 Å². The van der Waals surface area contributed by atoms with Crippen molar-refractivity contribution < 1.29 is 9.21 Å². The first-order valence-corrected chi connectivity index (χ1v) is 7.91. The Labute approximate surface area is 148 Å². The second-order valence-corrected chi connectivity index (χ2v) is 5.40. The fourth-order valence-corrected chi connectivity index (χ4v) is 2.31. The largest absolute Gasteiger partial charge is 0.437 e. The molecule has 4 aromatic rings. The molecule has 3 heterocycles. The zero-order valence-corrected chi connectivity index (χ0v) is 13.6. The van der Waals surface area contributed by atoms with E-state index in [-0.39, 0.29) is 12.5 Å². The Morgan fingerprint density at radius 2 is 1.81 bits per heavy atom. The van der Waals surface area contributed by atoms with Gasteiger partial charge in [-0.2, -0.15) is 4.98 Å². The molecule has 0 bridgehead atoms. The van der Waals surface area contributed by atoms with Gasteiger partial charge in [-0.05, 0) is 24.3 Å². The third-order valence-electron chi connectivity index (χ3n) is 3.55. The van der Waals surface area contributed by atoms with Crippen molar-refractivity contribution in [1.29, 1.82) is 0 Å². The molecule has 0 radical (unpaired) electrons. The fraction of sp³-hybridized carbons (Fsp3) is 0.0556. The van der Waals surface area contributed by atoms with Gasteiger partial charge in [-0.25, -0.2) is 15.0 Å². The monoisotopic (exact) mass is 346 g/mol. The summed E-state index contributed by atoms with van der Waals surface area (Å²) < 4.78 is 5.51. The number of para-hydroxylation sites is 1. The summed E-state index contributed by atoms with van der Waals surface area (Å²) in [6.07, 6.45) is 4.55. The van der Waals surface area contributed by atoms with E-state index in [1.807, 2.05) is 30.3 Å². The van der Waals surface area contributed by atoms with E-state index >= 15 is 0 Å². The molecule has 0 fully saturated rings. The fourth-order valence-electron chi connectivity index (χ4n) is 2.31. The molecular formula is C18H14N6O2. The van der Waals surface area contributed by atoms with Crippen LogP contribution in [0, 0.1) is 0 Å². The van der Waals surface area contributed by atoms with Crippen LogP contribution in [0.2, 0.25) is 0 Å². The highest BCUT2D eigenvalue weighted by molar-refractivity contribution is 5.93. The minimum Gasteiger partial charge on any atom is -0.437 e. The maximum atomic E-state index is 12.2. The minimum absolute atomic E-state index is 0.152. The van der Waals surface area contributed by atoms with Crippen LogP contribution < -0.4 is 10.6 Å². The van der Waals surface area contributed by atoms with Crippen LogP contribution in [0.25, 0.3) is 11.2 Å². The second-order valence-electron chi connectivity index (χ2n) is 5.40. The van der Waals surface area contributed by atoms with Crippen molar-refractivity contribution in [1.82, 2.24) is 25.3 Å². The van der Waals surface area contributed by atoms with Crippen LogP contribution in [0.4, 0.5) is 11.6 Å². The molecule has 3 aromatic heterocycles. The summed E-state index contributed by atoms with van der Waals surface area (Å²) in [4.78, 5) is 28.8. The maximum absolute atomic E-state index is 12.2. The van der Waals surface area contributed by atoms with E-state index < -0.39 is 0 Å². The number of anilines is 2. The molecule has 2 N–H and O–H groups in total. The molecule has 26 heavy (non-hydrogen) atoms. The van der Waals surface area contributed by atoms with Crippen LogP contribution in [-0.2, 0) is 6.54 Å². The molecule has 128 valence electrons. The first-order valence-electron chi connectivity index (χ1n) is 7.91. The SMILES string of the molecule is O=C(NCc1nc2ncccc2o1)c1cnc(Nc2ccccc2)nc1. The van der Waals surface area contributed by atoms with Crippen LogP contribution >= 0.6 is 0 Å². The Morgan fingerprint density at radius 3 is 2.58 bits per heavy atom. The molecule has 0 aliphatic heterocycles. The number of hydrogen-bond donors (Lipinski definition) is 2. The Hall–Kier alpha value is -3.81. The number of nitrogens with one attached hydrogen (secondary N) is 2. The highest BCUT2D eigenvalue weighted by Gasteiger charge is 2.10. The number of amides is 1. The minimum atomic E-state index is -0.313. The number of nitrogens with zero attached hydrogens (tertiary/aromatic N) is 4. The van der Waals surface area contributed by atoms with Crippen molar-refractivity contribution in [2.24, 2.45) is 0 Å². The molecule has 0 unspecified atom stereocenters. The predicted octanol–water partition coefficient (Wildman–Crippen LogP) is 2.69. The number of fused-ring (bicyclic) bond motifs is 1. The van der Waals surface area contributed by atoms with Gasteiger partial charge in [-0.15, -0.1) is 0 Å². The Bertz CT molecular complexity index is 997. The average molecular weight is 346 g/mol. The third-order valence-corrected chi connectivity index (χ3v) is 3.55. The number of rotatable bonds is 5. The first-order chi connectivity index (χ1) is 12.8. The van der Waals surface area contributed by atoms with Crippen LogP contribution in [-0.4, -0.2) is 25.8 Å². The van der Waals surface area contributed by atoms with E-state index in [0.29, 0.717) is 28.6 Å². The summed E-state index contributed by atoms with van der Waals surface area (Å²) in [6.45, 7) is 0.152. The summed E-state index contributed by atoms with van der Waals surface area (Å²) >= 11 is 0. The van der Waals surface area contributed by atoms with Gasteiger partial charge in [-0.1, -0.05) is 18.2 Å². The number of oxazole rings is 1. The van der Waals surface area contributed by atoms with Crippen LogP contribution in [0.3, 0.4) is 0 Å². The third kappa shape index (κ3) is 3.48. The second kappa shape index (κ2) is 6.98. The van der Waals surface area contributed by atoms with E-state index in [1.165, 1.54) is 12.4 Å².